The number of nitrogens with zero attached hydrogens (tertiary/aromatic N) is 1. The first-order valence-electron chi connectivity index (χ1n) is 7.48. The van der Waals surface area contributed by atoms with E-state index in [9.17, 15) is 5.11 Å². The molecule has 1 aliphatic rings. The Balaban J connectivity index is 2.25. The van der Waals surface area contributed by atoms with Gasteiger partial charge in [0.15, 0.2) is 0 Å². The molecule has 0 heterocycles. The van der Waals surface area contributed by atoms with Crippen LogP contribution in [0, 0.1) is 5.92 Å². The number of benzene rings is 1. The highest BCUT2D eigenvalue weighted by Gasteiger charge is 2.33. The summed E-state index contributed by atoms with van der Waals surface area (Å²) in [6, 6.07) is 6.45. The zero-order valence-electron chi connectivity index (χ0n) is 12.3. The van der Waals surface area contributed by atoms with Crippen LogP contribution in [0.1, 0.15) is 44.2 Å². The number of phenolic OH excluding ortho intramolecular Hbond substituents is 1. The Hall–Kier alpha value is -0.580. The van der Waals surface area contributed by atoms with Gasteiger partial charge in [-0.2, -0.15) is 0 Å². The summed E-state index contributed by atoms with van der Waals surface area (Å²) in [5.74, 6) is 0.970. The number of aromatic hydroxyl groups is 1. The second-order valence-electron chi connectivity index (χ2n) is 5.79. The lowest BCUT2D eigenvalue weighted by molar-refractivity contribution is 0.136. The van der Waals surface area contributed by atoms with Gasteiger partial charge in [-0.15, -0.1) is 0 Å². The molecule has 3 atom stereocenters. The molecule has 1 aromatic rings. The van der Waals surface area contributed by atoms with Crippen LogP contribution in [-0.4, -0.2) is 29.6 Å². The fraction of sp³-hybridized carbons (Fsp3) is 0.625. The number of phenols is 1. The molecule has 1 saturated carbocycles. The number of hydrogen-bond acceptors (Lipinski definition) is 3. The molecule has 0 aliphatic heterocycles. The predicted molar refractivity (Wildman–Crippen MR) is 86.8 cm³/mol. The van der Waals surface area contributed by atoms with Crippen molar-refractivity contribution in [3.63, 3.8) is 0 Å². The topological polar surface area (TPSA) is 49.5 Å². The van der Waals surface area contributed by atoms with Gasteiger partial charge in [-0.25, -0.2) is 0 Å². The van der Waals surface area contributed by atoms with Gasteiger partial charge in [0.25, 0.3) is 0 Å². The smallest absolute Gasteiger partial charge is 0.120 e. The highest BCUT2D eigenvalue weighted by molar-refractivity contribution is 9.10. The number of rotatable bonds is 5. The summed E-state index contributed by atoms with van der Waals surface area (Å²) < 4.78 is 1.01. The van der Waals surface area contributed by atoms with Gasteiger partial charge in [-0.3, -0.25) is 4.90 Å². The van der Waals surface area contributed by atoms with E-state index in [4.69, 9.17) is 5.73 Å². The van der Waals surface area contributed by atoms with Gasteiger partial charge in [0.05, 0.1) is 0 Å². The first-order chi connectivity index (χ1) is 9.58. The number of hydrogen-bond donors (Lipinski definition) is 2. The summed E-state index contributed by atoms with van der Waals surface area (Å²) in [4.78, 5) is 2.42. The van der Waals surface area contributed by atoms with E-state index in [1.807, 2.05) is 12.1 Å². The fourth-order valence-corrected chi connectivity index (χ4v) is 3.96. The first kappa shape index (κ1) is 15.8. The summed E-state index contributed by atoms with van der Waals surface area (Å²) in [6.07, 6.45) is 4.68. The van der Waals surface area contributed by atoms with Gasteiger partial charge in [-0.1, -0.05) is 29.3 Å². The summed E-state index contributed by atoms with van der Waals surface area (Å²) in [6.45, 7) is 2.93. The maximum Gasteiger partial charge on any atom is 0.120 e. The fourth-order valence-electron chi connectivity index (χ4n) is 3.58. The molecule has 0 aromatic heterocycles. The molecule has 0 bridgehead atoms. The Morgan fingerprint density at radius 3 is 2.85 bits per heavy atom. The molecule has 0 spiro atoms. The average molecular weight is 341 g/mol. The minimum Gasteiger partial charge on any atom is -0.508 e. The minimum absolute atomic E-state index is 0.240. The van der Waals surface area contributed by atoms with Gasteiger partial charge >= 0.3 is 0 Å². The normalized spacial score (nSPS) is 24.2. The molecule has 0 radical (unpaired) electrons. The number of halogens is 1. The maximum absolute atomic E-state index is 10.2. The molecule has 112 valence electrons. The lowest BCUT2D eigenvalue weighted by Gasteiger charge is -2.36. The zero-order valence-corrected chi connectivity index (χ0v) is 13.9. The maximum atomic E-state index is 10.2. The van der Waals surface area contributed by atoms with Gasteiger partial charge in [0.1, 0.15) is 5.75 Å². The predicted octanol–water partition coefficient (Wildman–Crippen LogP) is 3.67. The third-order valence-electron chi connectivity index (χ3n) is 4.67. The minimum atomic E-state index is 0.240. The standard InChI is InChI=1S/C16H25BrN2O/c1-3-14(13-9-12(17)7-8-16(13)20)19(2)15-6-4-5-11(15)10-18/h7-9,11,14-15,20H,3-6,10,18H2,1-2H3. The molecular weight excluding hydrogens is 316 g/mol. The Labute approximate surface area is 130 Å². The van der Waals surface area contributed by atoms with E-state index in [1.54, 1.807) is 6.07 Å². The van der Waals surface area contributed by atoms with Crippen molar-refractivity contribution in [3.05, 3.63) is 28.2 Å². The molecule has 1 aliphatic carbocycles. The van der Waals surface area contributed by atoms with E-state index in [-0.39, 0.29) is 6.04 Å². The summed E-state index contributed by atoms with van der Waals surface area (Å²) in [5, 5.41) is 10.2. The monoisotopic (exact) mass is 340 g/mol. The molecule has 2 rings (SSSR count). The van der Waals surface area contributed by atoms with E-state index in [1.165, 1.54) is 19.3 Å². The highest BCUT2D eigenvalue weighted by atomic mass is 79.9. The average Bonchev–Trinajstić information content (AvgIpc) is 2.91. The molecule has 0 amide bonds. The molecule has 4 heteroatoms. The van der Waals surface area contributed by atoms with Crippen LogP contribution in [0.4, 0.5) is 0 Å². The second-order valence-corrected chi connectivity index (χ2v) is 6.70. The van der Waals surface area contributed by atoms with Crippen molar-refractivity contribution in [2.24, 2.45) is 11.7 Å². The Morgan fingerprint density at radius 1 is 1.45 bits per heavy atom. The second kappa shape index (κ2) is 6.92. The lowest BCUT2D eigenvalue weighted by Crippen LogP contribution is -2.39. The third kappa shape index (κ3) is 3.18. The Kier molecular flexibility index (Phi) is 5.47. The molecule has 20 heavy (non-hydrogen) atoms. The third-order valence-corrected chi connectivity index (χ3v) is 5.16. The van der Waals surface area contributed by atoms with Crippen LogP contribution in [0.3, 0.4) is 0 Å². The first-order valence-corrected chi connectivity index (χ1v) is 8.28. The van der Waals surface area contributed by atoms with Gasteiger partial charge in [0, 0.05) is 22.1 Å². The molecule has 0 saturated heterocycles. The van der Waals surface area contributed by atoms with E-state index in [0.29, 0.717) is 17.7 Å². The van der Waals surface area contributed by atoms with Crippen LogP contribution in [-0.2, 0) is 0 Å². The van der Waals surface area contributed by atoms with Crippen LogP contribution >= 0.6 is 15.9 Å². The van der Waals surface area contributed by atoms with Gasteiger partial charge < -0.3 is 10.8 Å². The molecule has 3 unspecified atom stereocenters. The number of nitrogens with two attached hydrogens (primary N) is 1. The quantitative estimate of drug-likeness (QED) is 0.859. The van der Waals surface area contributed by atoms with Crippen molar-refractivity contribution in [1.29, 1.82) is 0 Å². The van der Waals surface area contributed by atoms with Crippen molar-refractivity contribution in [2.45, 2.75) is 44.7 Å². The molecular formula is C16H25BrN2O. The summed E-state index contributed by atoms with van der Waals surface area (Å²) >= 11 is 3.50. The van der Waals surface area contributed by atoms with Crippen LogP contribution in [0.5, 0.6) is 5.75 Å². The lowest BCUT2D eigenvalue weighted by atomic mass is 9.96. The van der Waals surface area contributed by atoms with Crippen LogP contribution < -0.4 is 5.73 Å². The summed E-state index contributed by atoms with van der Waals surface area (Å²) in [7, 11) is 2.17. The largest absolute Gasteiger partial charge is 0.508 e. The Bertz CT molecular complexity index is 452. The van der Waals surface area contributed by atoms with Crippen molar-refractivity contribution < 1.29 is 5.11 Å². The summed E-state index contributed by atoms with van der Waals surface area (Å²) in [5.41, 5.74) is 6.92. The van der Waals surface area contributed by atoms with Crippen LogP contribution in [0.25, 0.3) is 0 Å². The van der Waals surface area contributed by atoms with E-state index >= 15 is 0 Å². The van der Waals surface area contributed by atoms with E-state index in [0.717, 1.165) is 23.0 Å². The zero-order chi connectivity index (χ0) is 14.7. The van der Waals surface area contributed by atoms with Crippen LogP contribution in [0.2, 0.25) is 0 Å². The molecule has 1 fully saturated rings. The van der Waals surface area contributed by atoms with Crippen molar-refractivity contribution in [2.75, 3.05) is 13.6 Å². The SMILES string of the molecule is CCC(c1cc(Br)ccc1O)N(C)C1CCCC1CN. The molecule has 3 N–H and O–H groups in total. The van der Waals surface area contributed by atoms with Crippen molar-refractivity contribution in [3.8, 4) is 5.75 Å². The Morgan fingerprint density at radius 2 is 2.20 bits per heavy atom. The molecule has 1 aromatic carbocycles. The van der Waals surface area contributed by atoms with Gasteiger partial charge in [0.2, 0.25) is 0 Å². The van der Waals surface area contributed by atoms with Crippen molar-refractivity contribution in [1.82, 2.24) is 4.90 Å². The van der Waals surface area contributed by atoms with E-state index < -0.39 is 0 Å². The van der Waals surface area contributed by atoms with Crippen LogP contribution in [0.15, 0.2) is 22.7 Å². The molecule has 3 nitrogen and oxygen atoms in total. The highest BCUT2D eigenvalue weighted by Crippen LogP contribution is 2.38. The van der Waals surface area contributed by atoms with Crippen molar-refractivity contribution >= 4 is 15.9 Å². The van der Waals surface area contributed by atoms with Gasteiger partial charge in [-0.05, 0) is 57.0 Å². The van der Waals surface area contributed by atoms with E-state index in [2.05, 4.69) is 34.8 Å².